The molecule has 0 aromatic carbocycles. The normalized spacial score (nSPS) is 10.8. The quantitative estimate of drug-likeness (QED) is 0.791. The van der Waals surface area contributed by atoms with Crippen molar-refractivity contribution in [1.82, 2.24) is 19.4 Å². The predicted octanol–water partition coefficient (Wildman–Crippen LogP) is 1.65. The van der Waals surface area contributed by atoms with E-state index in [1.54, 1.807) is 25.2 Å². The van der Waals surface area contributed by atoms with E-state index in [1.807, 2.05) is 16.7 Å². The van der Waals surface area contributed by atoms with E-state index in [0.717, 1.165) is 17.0 Å². The van der Waals surface area contributed by atoms with Crippen LogP contribution in [0, 0.1) is 0 Å². The van der Waals surface area contributed by atoms with Crippen molar-refractivity contribution in [3.8, 4) is 0 Å². The number of hydrogen-bond acceptors (Lipinski definition) is 3. The van der Waals surface area contributed by atoms with Crippen LogP contribution in [-0.4, -0.2) is 39.4 Å². The van der Waals surface area contributed by atoms with Crippen molar-refractivity contribution in [3.05, 3.63) is 24.2 Å². The van der Waals surface area contributed by atoms with Gasteiger partial charge in [-0.05, 0) is 12.1 Å². The molecule has 0 saturated carbocycles. The van der Waals surface area contributed by atoms with Gasteiger partial charge in [0, 0.05) is 33.3 Å². The molecule has 0 N–H and O–H groups in total. The maximum atomic E-state index is 11.6. The third-order valence-electron chi connectivity index (χ3n) is 2.75. The maximum Gasteiger partial charge on any atom is 0.223 e. The van der Waals surface area contributed by atoms with Crippen LogP contribution >= 0.6 is 11.6 Å². The Morgan fingerprint density at radius 1 is 1.50 bits per heavy atom. The number of carbonyl (C=O) groups is 1. The SMILES string of the molecule is CN(C)C(=O)CCn1c(CCl)nc2cccnc21. The van der Waals surface area contributed by atoms with Crippen LogP contribution in [-0.2, 0) is 17.2 Å². The first-order chi connectivity index (χ1) is 8.63. The highest BCUT2D eigenvalue weighted by Crippen LogP contribution is 2.15. The number of alkyl halides is 1. The molecule has 18 heavy (non-hydrogen) atoms. The first kappa shape index (κ1) is 12.8. The first-order valence-electron chi connectivity index (χ1n) is 5.69. The second kappa shape index (κ2) is 5.35. The Labute approximate surface area is 110 Å². The third kappa shape index (κ3) is 2.46. The average molecular weight is 267 g/mol. The molecule has 2 aromatic rings. The van der Waals surface area contributed by atoms with Crippen LogP contribution in [0.1, 0.15) is 12.2 Å². The van der Waals surface area contributed by atoms with Gasteiger partial charge in [-0.1, -0.05) is 0 Å². The lowest BCUT2D eigenvalue weighted by molar-refractivity contribution is -0.128. The number of carbonyl (C=O) groups excluding carboxylic acids is 1. The van der Waals surface area contributed by atoms with Crippen molar-refractivity contribution in [2.75, 3.05) is 14.1 Å². The lowest BCUT2D eigenvalue weighted by Crippen LogP contribution is -2.23. The zero-order chi connectivity index (χ0) is 13.1. The molecule has 0 fully saturated rings. The van der Waals surface area contributed by atoms with Crippen molar-refractivity contribution in [2.45, 2.75) is 18.8 Å². The van der Waals surface area contributed by atoms with Gasteiger partial charge in [0.2, 0.25) is 5.91 Å². The van der Waals surface area contributed by atoms with Gasteiger partial charge in [-0.25, -0.2) is 9.97 Å². The van der Waals surface area contributed by atoms with E-state index < -0.39 is 0 Å². The molecule has 0 unspecified atom stereocenters. The van der Waals surface area contributed by atoms with Gasteiger partial charge in [0.15, 0.2) is 5.65 Å². The number of hydrogen-bond donors (Lipinski definition) is 0. The fourth-order valence-corrected chi connectivity index (χ4v) is 1.98. The second-order valence-electron chi connectivity index (χ2n) is 4.20. The number of aryl methyl sites for hydroxylation is 1. The van der Waals surface area contributed by atoms with Gasteiger partial charge in [-0.15, -0.1) is 11.6 Å². The van der Waals surface area contributed by atoms with Crippen molar-refractivity contribution in [1.29, 1.82) is 0 Å². The molecule has 1 amide bonds. The van der Waals surface area contributed by atoms with Gasteiger partial charge < -0.3 is 9.47 Å². The molecule has 0 bridgehead atoms. The molecule has 96 valence electrons. The minimum absolute atomic E-state index is 0.0771. The van der Waals surface area contributed by atoms with Crippen LogP contribution in [0.15, 0.2) is 18.3 Å². The summed E-state index contributed by atoms with van der Waals surface area (Å²) in [6.07, 6.45) is 2.13. The Morgan fingerprint density at radius 3 is 2.94 bits per heavy atom. The van der Waals surface area contributed by atoms with Gasteiger partial charge in [0.25, 0.3) is 0 Å². The molecule has 0 aliphatic heterocycles. The van der Waals surface area contributed by atoms with E-state index in [9.17, 15) is 4.79 Å². The van der Waals surface area contributed by atoms with Gasteiger partial charge in [-0.3, -0.25) is 4.79 Å². The number of halogens is 1. The zero-order valence-electron chi connectivity index (χ0n) is 10.4. The van der Waals surface area contributed by atoms with E-state index in [2.05, 4.69) is 9.97 Å². The molecule has 0 aliphatic carbocycles. The lowest BCUT2D eigenvalue weighted by Gasteiger charge is -2.11. The van der Waals surface area contributed by atoms with E-state index in [-0.39, 0.29) is 5.91 Å². The van der Waals surface area contributed by atoms with E-state index in [0.29, 0.717) is 18.8 Å². The molecule has 2 heterocycles. The summed E-state index contributed by atoms with van der Waals surface area (Å²) in [4.78, 5) is 21.9. The summed E-state index contributed by atoms with van der Waals surface area (Å²) in [5.41, 5.74) is 1.59. The summed E-state index contributed by atoms with van der Waals surface area (Å²) in [5.74, 6) is 1.14. The fourth-order valence-electron chi connectivity index (χ4n) is 1.77. The highest BCUT2D eigenvalue weighted by Gasteiger charge is 2.12. The lowest BCUT2D eigenvalue weighted by atomic mass is 10.3. The van der Waals surface area contributed by atoms with Crippen LogP contribution in [0.2, 0.25) is 0 Å². The van der Waals surface area contributed by atoms with Gasteiger partial charge in [0.05, 0.1) is 5.88 Å². The molecule has 0 saturated heterocycles. The van der Waals surface area contributed by atoms with Crippen molar-refractivity contribution >= 4 is 28.7 Å². The Hall–Kier alpha value is -1.62. The minimum Gasteiger partial charge on any atom is -0.349 e. The molecule has 0 radical (unpaired) electrons. The van der Waals surface area contributed by atoms with Crippen molar-refractivity contribution < 1.29 is 4.79 Å². The van der Waals surface area contributed by atoms with E-state index >= 15 is 0 Å². The van der Waals surface area contributed by atoms with Crippen LogP contribution < -0.4 is 0 Å². The molecule has 5 nitrogen and oxygen atoms in total. The maximum absolute atomic E-state index is 11.6. The Morgan fingerprint density at radius 2 is 2.28 bits per heavy atom. The summed E-state index contributed by atoms with van der Waals surface area (Å²) >= 11 is 5.87. The molecule has 6 heteroatoms. The third-order valence-corrected chi connectivity index (χ3v) is 2.99. The van der Waals surface area contributed by atoms with Crippen LogP contribution in [0.5, 0.6) is 0 Å². The Balaban J connectivity index is 2.28. The van der Waals surface area contributed by atoms with Gasteiger partial charge in [0.1, 0.15) is 11.3 Å². The minimum atomic E-state index is 0.0771. The number of nitrogens with zero attached hydrogens (tertiary/aromatic N) is 4. The summed E-state index contributed by atoms with van der Waals surface area (Å²) in [7, 11) is 3.49. The number of amides is 1. The summed E-state index contributed by atoms with van der Waals surface area (Å²) in [5, 5.41) is 0. The number of aromatic nitrogens is 3. The molecule has 0 aliphatic rings. The van der Waals surface area contributed by atoms with E-state index in [1.165, 1.54) is 0 Å². The fraction of sp³-hybridized carbons (Fsp3) is 0.417. The highest BCUT2D eigenvalue weighted by atomic mass is 35.5. The smallest absolute Gasteiger partial charge is 0.223 e. The molecule has 2 aromatic heterocycles. The highest BCUT2D eigenvalue weighted by molar-refractivity contribution is 6.16. The van der Waals surface area contributed by atoms with E-state index in [4.69, 9.17) is 11.6 Å². The predicted molar refractivity (Wildman–Crippen MR) is 70.4 cm³/mol. The summed E-state index contributed by atoms with van der Waals surface area (Å²) in [6, 6.07) is 3.73. The number of imidazole rings is 1. The van der Waals surface area contributed by atoms with Crippen LogP contribution in [0.4, 0.5) is 0 Å². The number of pyridine rings is 1. The van der Waals surface area contributed by atoms with Crippen molar-refractivity contribution in [3.63, 3.8) is 0 Å². The molecular formula is C12H15ClN4O. The Kier molecular flexibility index (Phi) is 3.81. The molecule has 0 spiro atoms. The van der Waals surface area contributed by atoms with Gasteiger partial charge in [-0.2, -0.15) is 0 Å². The topological polar surface area (TPSA) is 51.0 Å². The standard InChI is InChI=1S/C12H15ClN4O/c1-16(2)11(18)5-7-17-10(8-13)15-9-4-3-6-14-12(9)17/h3-4,6H,5,7-8H2,1-2H3. The molecule has 2 rings (SSSR count). The van der Waals surface area contributed by atoms with Gasteiger partial charge >= 0.3 is 0 Å². The zero-order valence-corrected chi connectivity index (χ0v) is 11.2. The van der Waals surface area contributed by atoms with Crippen LogP contribution in [0.25, 0.3) is 11.2 Å². The molecule has 0 atom stereocenters. The number of rotatable bonds is 4. The largest absolute Gasteiger partial charge is 0.349 e. The summed E-state index contributed by atoms with van der Waals surface area (Å²) < 4.78 is 1.91. The first-order valence-corrected chi connectivity index (χ1v) is 6.23. The number of fused-ring (bicyclic) bond motifs is 1. The second-order valence-corrected chi connectivity index (χ2v) is 4.46. The average Bonchev–Trinajstić information content (AvgIpc) is 2.73. The Bertz CT molecular complexity index is 564. The monoisotopic (exact) mass is 266 g/mol. The summed E-state index contributed by atoms with van der Waals surface area (Å²) in [6.45, 7) is 0.548. The molecular weight excluding hydrogens is 252 g/mol. The van der Waals surface area contributed by atoms with Crippen LogP contribution in [0.3, 0.4) is 0 Å². The van der Waals surface area contributed by atoms with Crippen molar-refractivity contribution in [2.24, 2.45) is 0 Å².